The van der Waals surface area contributed by atoms with E-state index in [0.717, 1.165) is 22.6 Å². The molecule has 2 unspecified atom stereocenters. The second-order valence-corrected chi connectivity index (χ2v) is 11.3. The average Bonchev–Trinajstić information content (AvgIpc) is 2.98. The third-order valence-electron chi connectivity index (χ3n) is 6.19. The SMILES string of the molecule is NCCSB(c1ccccc1)C(OC(B(SCCN)c1ccccc1)c1ccccc1)c1ccccc1. The van der Waals surface area contributed by atoms with Gasteiger partial charge in [0.05, 0.1) is 12.0 Å². The molecule has 0 radical (unpaired) electrons. The fourth-order valence-corrected chi connectivity index (χ4v) is 6.76. The molecule has 4 aromatic carbocycles. The molecule has 0 saturated carbocycles. The van der Waals surface area contributed by atoms with Crippen LogP contribution in [0.4, 0.5) is 0 Å². The molecule has 0 aliphatic heterocycles. The molecule has 37 heavy (non-hydrogen) atoms. The summed E-state index contributed by atoms with van der Waals surface area (Å²) in [7, 11) is 0. The summed E-state index contributed by atoms with van der Waals surface area (Å²) in [5.41, 5.74) is 16.8. The number of nitrogens with two attached hydrogens (primary N) is 2. The lowest BCUT2D eigenvalue weighted by Crippen LogP contribution is -2.42. The molecule has 4 rings (SSSR count). The standard InChI is InChI=1S/C30H34B2N2OS2/c33-21-23-36-31(27-17-9-3-10-18-27)29(25-13-5-1-6-14-25)35-30(26-15-7-2-8-16-26)32(37-24-22-34)28-19-11-4-12-20-28/h1-20,29-30H,21-24,33-34H2. The van der Waals surface area contributed by atoms with Crippen LogP contribution < -0.4 is 22.4 Å². The minimum absolute atomic E-state index is 0.0919. The molecule has 0 spiro atoms. The molecule has 0 fully saturated rings. The number of hydrogen-bond acceptors (Lipinski definition) is 5. The topological polar surface area (TPSA) is 61.3 Å². The molecule has 3 nitrogen and oxygen atoms in total. The highest BCUT2D eigenvalue weighted by Gasteiger charge is 2.38. The smallest absolute Gasteiger partial charge is 0.278 e. The van der Waals surface area contributed by atoms with Gasteiger partial charge in [-0.2, -0.15) is 23.2 Å². The zero-order valence-electron chi connectivity index (χ0n) is 21.1. The molecule has 7 heteroatoms. The first-order valence-electron chi connectivity index (χ1n) is 12.8. The van der Waals surface area contributed by atoms with Crippen LogP contribution in [-0.4, -0.2) is 36.6 Å². The fourth-order valence-electron chi connectivity index (χ4n) is 4.49. The molecule has 0 heterocycles. The lowest BCUT2D eigenvalue weighted by atomic mass is 9.57. The van der Waals surface area contributed by atoms with Crippen molar-refractivity contribution in [1.82, 2.24) is 0 Å². The highest BCUT2D eigenvalue weighted by atomic mass is 32.2. The third-order valence-corrected chi connectivity index (χ3v) is 8.89. The zero-order valence-corrected chi connectivity index (χ0v) is 22.7. The van der Waals surface area contributed by atoms with E-state index >= 15 is 0 Å². The van der Waals surface area contributed by atoms with E-state index in [9.17, 15) is 0 Å². The van der Waals surface area contributed by atoms with Crippen LogP contribution in [0.3, 0.4) is 0 Å². The van der Waals surface area contributed by atoms with Gasteiger partial charge in [0.2, 0.25) is 0 Å². The highest BCUT2D eigenvalue weighted by molar-refractivity contribution is 8.27. The molecular formula is C30H34B2N2OS2. The molecule has 0 amide bonds. The van der Waals surface area contributed by atoms with Gasteiger partial charge in [0.1, 0.15) is 0 Å². The summed E-state index contributed by atoms with van der Waals surface area (Å²) in [6.07, 6.45) is 0. The minimum atomic E-state index is -0.171. The Balaban J connectivity index is 1.81. The Morgan fingerprint density at radius 1 is 0.514 bits per heavy atom. The second kappa shape index (κ2) is 15.1. The summed E-state index contributed by atoms with van der Waals surface area (Å²) in [4.78, 5) is 0. The van der Waals surface area contributed by atoms with Gasteiger partial charge in [-0.1, -0.05) is 132 Å². The van der Waals surface area contributed by atoms with E-state index in [2.05, 4.69) is 121 Å². The lowest BCUT2D eigenvalue weighted by Gasteiger charge is -2.33. The van der Waals surface area contributed by atoms with Crippen molar-refractivity contribution in [1.29, 1.82) is 0 Å². The third kappa shape index (κ3) is 7.79. The minimum Gasteiger partial charge on any atom is -0.379 e. The molecule has 4 aromatic rings. The number of benzene rings is 4. The zero-order chi connectivity index (χ0) is 25.7. The van der Waals surface area contributed by atoms with Crippen molar-refractivity contribution in [3.05, 3.63) is 132 Å². The van der Waals surface area contributed by atoms with Crippen LogP contribution in [0.1, 0.15) is 23.1 Å². The van der Waals surface area contributed by atoms with Gasteiger partial charge in [-0.05, 0) is 22.6 Å². The van der Waals surface area contributed by atoms with Crippen molar-refractivity contribution < 1.29 is 4.74 Å². The normalized spacial score (nSPS) is 12.6. The fraction of sp³-hybridized carbons (Fsp3) is 0.200. The molecule has 0 aromatic heterocycles. The van der Waals surface area contributed by atoms with Crippen molar-refractivity contribution in [2.75, 3.05) is 24.6 Å². The van der Waals surface area contributed by atoms with Gasteiger partial charge in [-0.15, -0.1) is 0 Å². The molecule has 0 aliphatic carbocycles. The summed E-state index contributed by atoms with van der Waals surface area (Å²) >= 11 is 3.73. The predicted octanol–water partition coefficient (Wildman–Crippen LogP) is 4.75. The van der Waals surface area contributed by atoms with Gasteiger partial charge >= 0.3 is 0 Å². The van der Waals surface area contributed by atoms with Crippen LogP contribution in [0.25, 0.3) is 0 Å². The molecule has 0 aliphatic rings. The van der Waals surface area contributed by atoms with Crippen LogP contribution in [0, 0.1) is 0 Å². The van der Waals surface area contributed by atoms with Crippen molar-refractivity contribution >= 4 is 46.1 Å². The van der Waals surface area contributed by atoms with E-state index in [4.69, 9.17) is 16.2 Å². The first-order chi connectivity index (χ1) is 18.3. The quantitative estimate of drug-likeness (QED) is 0.234. The summed E-state index contributed by atoms with van der Waals surface area (Å²) in [5, 5.41) is 0. The molecule has 188 valence electrons. The monoisotopic (exact) mass is 524 g/mol. The molecule has 4 N–H and O–H groups in total. The number of ether oxygens (including phenoxy) is 1. The van der Waals surface area contributed by atoms with Gasteiger partial charge in [0.15, 0.2) is 0 Å². The van der Waals surface area contributed by atoms with E-state index in [1.807, 2.05) is 23.2 Å². The summed E-state index contributed by atoms with van der Waals surface area (Å²) in [5.74, 6) is 1.89. The van der Waals surface area contributed by atoms with Gasteiger partial charge in [-0.25, -0.2) is 0 Å². The Hall–Kier alpha value is -2.41. The van der Waals surface area contributed by atoms with Crippen molar-refractivity contribution in [3.8, 4) is 0 Å². The largest absolute Gasteiger partial charge is 0.379 e. The summed E-state index contributed by atoms with van der Waals surface area (Å²) < 4.78 is 7.33. The maximum atomic E-state index is 7.33. The maximum Gasteiger partial charge on any atom is 0.278 e. The van der Waals surface area contributed by atoms with Crippen LogP contribution in [-0.2, 0) is 4.74 Å². The van der Waals surface area contributed by atoms with E-state index in [0.29, 0.717) is 13.1 Å². The van der Waals surface area contributed by atoms with Gasteiger partial charge < -0.3 is 16.2 Å². The summed E-state index contributed by atoms with van der Waals surface area (Å²) in [6.45, 7) is 1.24. The molecule has 0 saturated heterocycles. The van der Waals surface area contributed by atoms with E-state index in [1.165, 1.54) is 10.9 Å². The van der Waals surface area contributed by atoms with Crippen LogP contribution in [0.5, 0.6) is 0 Å². The van der Waals surface area contributed by atoms with Crippen molar-refractivity contribution in [2.45, 2.75) is 12.0 Å². The number of hydrogen-bond donors (Lipinski definition) is 2. The van der Waals surface area contributed by atoms with E-state index in [1.54, 1.807) is 0 Å². The van der Waals surface area contributed by atoms with Gasteiger partial charge in [0, 0.05) is 13.1 Å². The maximum absolute atomic E-state index is 7.33. The summed E-state index contributed by atoms with van der Waals surface area (Å²) in [6, 6.07) is 42.2. The van der Waals surface area contributed by atoms with Gasteiger partial charge in [0.25, 0.3) is 12.0 Å². The Bertz CT molecular complexity index is 1060. The van der Waals surface area contributed by atoms with Gasteiger partial charge in [-0.3, -0.25) is 0 Å². The first-order valence-corrected chi connectivity index (χ1v) is 14.9. The Kier molecular flexibility index (Phi) is 11.3. The molecular weight excluding hydrogens is 490 g/mol. The average molecular weight is 524 g/mol. The van der Waals surface area contributed by atoms with Crippen LogP contribution in [0.2, 0.25) is 0 Å². The molecule has 0 bridgehead atoms. The first kappa shape index (κ1) is 27.6. The van der Waals surface area contributed by atoms with Crippen molar-refractivity contribution in [2.24, 2.45) is 11.5 Å². The van der Waals surface area contributed by atoms with Crippen LogP contribution in [0.15, 0.2) is 121 Å². The Morgan fingerprint density at radius 2 is 0.838 bits per heavy atom. The van der Waals surface area contributed by atoms with E-state index < -0.39 is 0 Å². The second-order valence-electron chi connectivity index (χ2n) is 8.78. The predicted molar refractivity (Wildman–Crippen MR) is 166 cm³/mol. The lowest BCUT2D eigenvalue weighted by molar-refractivity contribution is 0.0766. The number of rotatable bonds is 14. The highest BCUT2D eigenvalue weighted by Crippen LogP contribution is 2.36. The van der Waals surface area contributed by atoms with E-state index in [-0.39, 0.29) is 24.0 Å². The van der Waals surface area contributed by atoms with Crippen molar-refractivity contribution in [3.63, 3.8) is 0 Å². The molecule has 2 atom stereocenters. The Morgan fingerprint density at radius 3 is 1.16 bits per heavy atom. The van der Waals surface area contributed by atoms with Crippen LogP contribution >= 0.6 is 23.2 Å². The Labute approximate surface area is 230 Å².